The third-order valence-corrected chi connectivity index (χ3v) is 3.16. The van der Waals surface area contributed by atoms with Crippen molar-refractivity contribution in [1.29, 1.82) is 0 Å². The van der Waals surface area contributed by atoms with E-state index in [2.05, 4.69) is 20.3 Å². The fraction of sp³-hybridized carbons (Fsp3) is 0.133. The molecule has 0 aliphatic rings. The van der Waals surface area contributed by atoms with Gasteiger partial charge in [-0.15, -0.1) is 0 Å². The lowest BCUT2D eigenvalue weighted by atomic mass is 10.1. The number of nitrogen functional groups attached to an aromatic ring is 1. The van der Waals surface area contributed by atoms with E-state index in [1.807, 2.05) is 13.0 Å². The summed E-state index contributed by atoms with van der Waals surface area (Å²) in [6.07, 6.45) is 3.29. The number of benzene rings is 1. The highest BCUT2D eigenvalue weighted by Crippen LogP contribution is 2.29. The second-order valence-electron chi connectivity index (χ2n) is 4.67. The molecular weight excluding hydrogens is 269 g/mol. The number of nitrogens with two attached hydrogens (primary N) is 1. The molecule has 1 aromatic carbocycles. The van der Waals surface area contributed by atoms with Crippen molar-refractivity contribution in [1.82, 2.24) is 15.0 Å². The van der Waals surface area contributed by atoms with Gasteiger partial charge in [-0.2, -0.15) is 0 Å². The first-order valence-electron chi connectivity index (χ1n) is 6.50. The molecule has 0 bridgehead atoms. The van der Waals surface area contributed by atoms with Crippen LogP contribution in [0.25, 0.3) is 10.9 Å². The summed E-state index contributed by atoms with van der Waals surface area (Å²) in [7, 11) is 0. The van der Waals surface area contributed by atoms with Crippen LogP contribution in [0.15, 0.2) is 36.7 Å². The fourth-order valence-corrected chi connectivity index (χ4v) is 2.19. The first-order chi connectivity index (χ1) is 10.1. The lowest BCUT2D eigenvalue weighted by Gasteiger charge is -2.11. The first-order valence-corrected chi connectivity index (χ1v) is 6.50. The van der Waals surface area contributed by atoms with Crippen LogP contribution in [0.1, 0.15) is 11.5 Å². The third kappa shape index (κ3) is 2.60. The number of nitrogens with zero attached hydrogens (tertiary/aromatic N) is 3. The van der Waals surface area contributed by atoms with Gasteiger partial charge >= 0.3 is 0 Å². The Morgan fingerprint density at radius 3 is 2.90 bits per heavy atom. The van der Waals surface area contributed by atoms with Crippen molar-refractivity contribution in [2.75, 3.05) is 11.1 Å². The molecule has 2 heterocycles. The van der Waals surface area contributed by atoms with Gasteiger partial charge in [-0.3, -0.25) is 4.98 Å². The van der Waals surface area contributed by atoms with Gasteiger partial charge in [0.1, 0.15) is 5.82 Å². The van der Waals surface area contributed by atoms with Crippen LogP contribution < -0.4 is 11.1 Å². The van der Waals surface area contributed by atoms with Crippen molar-refractivity contribution < 1.29 is 4.39 Å². The van der Waals surface area contributed by atoms with Gasteiger partial charge in [-0.25, -0.2) is 14.4 Å². The normalized spacial score (nSPS) is 10.8. The van der Waals surface area contributed by atoms with E-state index < -0.39 is 5.82 Å². The van der Waals surface area contributed by atoms with E-state index in [9.17, 15) is 4.39 Å². The molecule has 3 aromatic rings. The highest BCUT2D eigenvalue weighted by atomic mass is 19.1. The summed E-state index contributed by atoms with van der Waals surface area (Å²) in [6, 6.07) is 6.67. The zero-order valence-corrected chi connectivity index (χ0v) is 11.5. The van der Waals surface area contributed by atoms with Crippen LogP contribution >= 0.6 is 0 Å². The lowest BCUT2D eigenvalue weighted by molar-refractivity contribution is 0.632. The predicted octanol–water partition coefficient (Wildman–Crippen LogP) is 2.67. The maximum atomic E-state index is 14.1. The highest BCUT2D eigenvalue weighted by molar-refractivity contribution is 5.98. The molecule has 0 fully saturated rings. The summed E-state index contributed by atoms with van der Waals surface area (Å²) >= 11 is 0. The standard InChI is InChI=1S/C15H14FN5/c1-9-18-6-4-10(21-9)8-20-15-12(16)7-13(17)11-3-2-5-19-14(11)15/h2-7,20H,8,17H2,1H3. The number of hydrogen-bond acceptors (Lipinski definition) is 5. The van der Waals surface area contributed by atoms with Crippen LogP contribution in [0.5, 0.6) is 0 Å². The number of aromatic nitrogens is 3. The van der Waals surface area contributed by atoms with Crippen molar-refractivity contribution in [3.8, 4) is 0 Å². The van der Waals surface area contributed by atoms with Crippen molar-refractivity contribution in [2.45, 2.75) is 13.5 Å². The van der Waals surface area contributed by atoms with E-state index in [-0.39, 0.29) is 0 Å². The number of hydrogen-bond donors (Lipinski definition) is 2. The summed E-state index contributed by atoms with van der Waals surface area (Å²) in [6.45, 7) is 2.19. The van der Waals surface area contributed by atoms with E-state index in [1.165, 1.54) is 6.07 Å². The van der Waals surface area contributed by atoms with Gasteiger partial charge in [0.05, 0.1) is 23.4 Å². The Hall–Kier alpha value is -2.76. The first kappa shape index (κ1) is 13.2. The number of halogens is 1. The van der Waals surface area contributed by atoms with E-state index in [1.54, 1.807) is 24.5 Å². The van der Waals surface area contributed by atoms with Crippen molar-refractivity contribution in [3.05, 3.63) is 54.0 Å². The average Bonchev–Trinajstić information content (AvgIpc) is 2.47. The monoisotopic (exact) mass is 283 g/mol. The average molecular weight is 283 g/mol. The number of nitrogens with one attached hydrogen (secondary N) is 1. The molecule has 3 N–H and O–H groups in total. The van der Waals surface area contributed by atoms with E-state index in [4.69, 9.17) is 5.73 Å². The number of pyridine rings is 1. The molecule has 0 spiro atoms. The summed E-state index contributed by atoms with van der Waals surface area (Å²) in [4.78, 5) is 12.5. The Morgan fingerprint density at radius 1 is 1.24 bits per heavy atom. The number of aryl methyl sites for hydroxylation is 1. The smallest absolute Gasteiger partial charge is 0.150 e. The molecule has 0 aliphatic carbocycles. The van der Waals surface area contributed by atoms with Crippen LogP contribution in [0.2, 0.25) is 0 Å². The van der Waals surface area contributed by atoms with Gasteiger partial charge in [0, 0.05) is 23.5 Å². The van der Waals surface area contributed by atoms with Gasteiger partial charge in [0.15, 0.2) is 5.82 Å². The predicted molar refractivity (Wildman–Crippen MR) is 80.2 cm³/mol. The van der Waals surface area contributed by atoms with Crippen LogP contribution in [0.4, 0.5) is 15.8 Å². The molecule has 21 heavy (non-hydrogen) atoms. The Kier molecular flexibility index (Phi) is 3.35. The Morgan fingerprint density at radius 2 is 2.10 bits per heavy atom. The molecule has 0 saturated carbocycles. The largest absolute Gasteiger partial charge is 0.398 e. The molecule has 0 saturated heterocycles. The SMILES string of the molecule is Cc1nccc(CNc2c(F)cc(N)c3cccnc23)n1. The molecule has 106 valence electrons. The second kappa shape index (κ2) is 5.32. The minimum absolute atomic E-state index is 0.330. The topological polar surface area (TPSA) is 76.7 Å². The molecule has 0 atom stereocenters. The molecule has 5 nitrogen and oxygen atoms in total. The maximum absolute atomic E-state index is 14.1. The molecule has 3 rings (SSSR count). The lowest BCUT2D eigenvalue weighted by Crippen LogP contribution is -2.06. The second-order valence-corrected chi connectivity index (χ2v) is 4.67. The minimum atomic E-state index is -0.426. The van der Waals surface area contributed by atoms with Gasteiger partial charge in [0.2, 0.25) is 0 Å². The maximum Gasteiger partial charge on any atom is 0.150 e. The minimum Gasteiger partial charge on any atom is -0.398 e. The molecule has 6 heteroatoms. The zero-order valence-electron chi connectivity index (χ0n) is 11.5. The molecular formula is C15H14FN5. The van der Waals surface area contributed by atoms with Crippen molar-refractivity contribution in [3.63, 3.8) is 0 Å². The van der Waals surface area contributed by atoms with Gasteiger partial charge < -0.3 is 11.1 Å². The summed E-state index contributed by atoms with van der Waals surface area (Å²) in [5.41, 5.74) is 7.82. The van der Waals surface area contributed by atoms with E-state index in [0.717, 1.165) is 11.1 Å². The number of fused-ring (bicyclic) bond motifs is 1. The molecule has 0 radical (unpaired) electrons. The molecule has 0 amide bonds. The quantitative estimate of drug-likeness (QED) is 0.723. The van der Waals surface area contributed by atoms with Crippen molar-refractivity contribution >= 4 is 22.3 Å². The van der Waals surface area contributed by atoms with Crippen LogP contribution in [0, 0.1) is 12.7 Å². The van der Waals surface area contributed by atoms with E-state index >= 15 is 0 Å². The summed E-state index contributed by atoms with van der Waals surface area (Å²) in [5.74, 6) is 0.250. The summed E-state index contributed by atoms with van der Waals surface area (Å²) < 4.78 is 14.1. The van der Waals surface area contributed by atoms with Gasteiger partial charge in [-0.1, -0.05) is 0 Å². The third-order valence-electron chi connectivity index (χ3n) is 3.16. The van der Waals surface area contributed by atoms with Gasteiger partial charge in [0.25, 0.3) is 0 Å². The van der Waals surface area contributed by atoms with E-state index in [0.29, 0.717) is 29.3 Å². The van der Waals surface area contributed by atoms with Crippen LogP contribution in [-0.2, 0) is 6.54 Å². The zero-order chi connectivity index (χ0) is 14.8. The highest BCUT2D eigenvalue weighted by Gasteiger charge is 2.11. The molecule has 2 aromatic heterocycles. The Bertz CT molecular complexity index is 803. The van der Waals surface area contributed by atoms with Crippen LogP contribution in [-0.4, -0.2) is 15.0 Å². The summed E-state index contributed by atoms with van der Waals surface area (Å²) in [5, 5.41) is 3.77. The molecule has 0 aliphatic heterocycles. The number of anilines is 2. The Balaban J connectivity index is 1.97. The fourth-order valence-electron chi connectivity index (χ4n) is 2.19. The van der Waals surface area contributed by atoms with Crippen molar-refractivity contribution in [2.24, 2.45) is 0 Å². The Labute approximate surface area is 121 Å². The van der Waals surface area contributed by atoms with Gasteiger partial charge in [-0.05, 0) is 31.2 Å². The van der Waals surface area contributed by atoms with Crippen LogP contribution in [0.3, 0.4) is 0 Å². The number of rotatable bonds is 3. The molecule has 0 unspecified atom stereocenters.